The molecule has 1 aromatic carbocycles. The van der Waals surface area contributed by atoms with Crippen molar-refractivity contribution in [2.75, 3.05) is 13.1 Å². The smallest absolute Gasteiger partial charge is 0.351 e. The summed E-state index contributed by atoms with van der Waals surface area (Å²) >= 11 is 0. The highest BCUT2D eigenvalue weighted by molar-refractivity contribution is 5.94. The van der Waals surface area contributed by atoms with Crippen LogP contribution in [0.3, 0.4) is 0 Å². The number of nitrogens with one attached hydrogen (secondary N) is 1. The number of amides is 1. The van der Waals surface area contributed by atoms with Gasteiger partial charge in [-0.15, -0.1) is 0 Å². The Labute approximate surface area is 110 Å². The first kappa shape index (κ1) is 15.5. The molecule has 106 valence electrons. The zero-order chi connectivity index (χ0) is 14.7. The second-order valence-electron chi connectivity index (χ2n) is 5.13. The maximum absolute atomic E-state index is 12.4. The predicted molar refractivity (Wildman–Crippen MR) is 66.6 cm³/mol. The summed E-state index contributed by atoms with van der Waals surface area (Å²) in [5.41, 5.74) is 4.70. The fraction of sp³-hybridized carbons (Fsp3) is 0.462. The number of halogens is 3. The van der Waals surface area contributed by atoms with Gasteiger partial charge < -0.3 is 11.1 Å². The lowest BCUT2D eigenvalue weighted by molar-refractivity contribution is -0.137. The molecule has 0 bridgehead atoms. The third kappa shape index (κ3) is 4.55. The fourth-order valence-corrected chi connectivity index (χ4v) is 1.30. The van der Waals surface area contributed by atoms with E-state index >= 15 is 0 Å². The van der Waals surface area contributed by atoms with Crippen molar-refractivity contribution in [2.24, 2.45) is 11.1 Å². The zero-order valence-electron chi connectivity index (χ0n) is 10.8. The molecular weight excluding hydrogens is 257 g/mol. The van der Waals surface area contributed by atoms with Gasteiger partial charge >= 0.3 is 6.18 Å². The Kier molecular flexibility index (Phi) is 4.57. The number of hydrogen-bond acceptors (Lipinski definition) is 2. The summed E-state index contributed by atoms with van der Waals surface area (Å²) in [6.07, 6.45) is -4.39. The summed E-state index contributed by atoms with van der Waals surface area (Å²) in [6.45, 7) is 4.55. The van der Waals surface area contributed by atoms with Crippen LogP contribution in [-0.2, 0) is 6.18 Å². The Morgan fingerprint density at radius 1 is 1.21 bits per heavy atom. The van der Waals surface area contributed by atoms with Gasteiger partial charge in [0.2, 0.25) is 0 Å². The first-order chi connectivity index (χ1) is 8.65. The minimum atomic E-state index is -4.39. The van der Waals surface area contributed by atoms with E-state index in [0.29, 0.717) is 13.1 Å². The quantitative estimate of drug-likeness (QED) is 0.886. The van der Waals surface area contributed by atoms with Gasteiger partial charge in [-0.05, 0) is 36.2 Å². The van der Waals surface area contributed by atoms with Gasteiger partial charge in [0.05, 0.1) is 5.56 Å². The molecule has 0 saturated carbocycles. The van der Waals surface area contributed by atoms with Crippen LogP contribution in [0.4, 0.5) is 13.2 Å². The van der Waals surface area contributed by atoms with Crippen molar-refractivity contribution >= 4 is 5.91 Å². The molecule has 0 atom stereocenters. The average molecular weight is 274 g/mol. The predicted octanol–water partition coefficient (Wildman–Crippen LogP) is 2.42. The minimum absolute atomic E-state index is 0.195. The highest BCUT2D eigenvalue weighted by atomic mass is 19.4. The molecule has 19 heavy (non-hydrogen) atoms. The number of carbonyl (C=O) groups is 1. The zero-order valence-corrected chi connectivity index (χ0v) is 10.8. The maximum Gasteiger partial charge on any atom is 0.416 e. The molecule has 0 aliphatic carbocycles. The van der Waals surface area contributed by atoms with Crippen molar-refractivity contribution in [1.29, 1.82) is 0 Å². The summed E-state index contributed by atoms with van der Waals surface area (Å²) in [5.74, 6) is -0.407. The molecule has 0 aromatic heterocycles. The Morgan fingerprint density at radius 3 is 2.16 bits per heavy atom. The SMILES string of the molecule is CC(C)(CN)CNC(=O)c1ccc(C(F)(F)F)cc1. The van der Waals surface area contributed by atoms with Gasteiger partial charge in [0.1, 0.15) is 0 Å². The van der Waals surface area contributed by atoms with Gasteiger partial charge in [-0.1, -0.05) is 13.8 Å². The van der Waals surface area contributed by atoms with Gasteiger partial charge in [0.15, 0.2) is 0 Å². The standard InChI is InChI=1S/C13H17F3N2O/c1-12(2,7-17)8-18-11(19)9-3-5-10(6-4-9)13(14,15)16/h3-6H,7-8,17H2,1-2H3,(H,18,19). The molecule has 3 N–H and O–H groups in total. The number of alkyl halides is 3. The molecular formula is C13H17F3N2O. The van der Waals surface area contributed by atoms with Crippen molar-refractivity contribution in [1.82, 2.24) is 5.32 Å². The molecule has 0 fully saturated rings. The van der Waals surface area contributed by atoms with Gasteiger partial charge in [-0.25, -0.2) is 0 Å². The molecule has 3 nitrogen and oxygen atoms in total. The summed E-state index contributed by atoms with van der Waals surface area (Å²) in [4.78, 5) is 11.7. The lowest BCUT2D eigenvalue weighted by Gasteiger charge is -2.22. The van der Waals surface area contributed by atoms with E-state index in [9.17, 15) is 18.0 Å². The minimum Gasteiger partial charge on any atom is -0.351 e. The van der Waals surface area contributed by atoms with E-state index in [1.54, 1.807) is 0 Å². The van der Waals surface area contributed by atoms with Crippen LogP contribution in [-0.4, -0.2) is 19.0 Å². The molecule has 6 heteroatoms. The number of rotatable bonds is 4. The summed E-state index contributed by atoms with van der Waals surface area (Å²) in [6, 6.07) is 4.10. The first-order valence-corrected chi connectivity index (χ1v) is 5.81. The normalized spacial score (nSPS) is 12.3. The summed E-state index contributed by atoms with van der Waals surface area (Å²) in [5, 5.41) is 2.65. The van der Waals surface area contributed by atoms with Crippen LogP contribution in [0.5, 0.6) is 0 Å². The number of nitrogens with two attached hydrogens (primary N) is 1. The number of hydrogen-bond donors (Lipinski definition) is 2. The van der Waals surface area contributed by atoms with E-state index < -0.39 is 17.6 Å². The van der Waals surface area contributed by atoms with E-state index in [4.69, 9.17) is 5.73 Å². The monoisotopic (exact) mass is 274 g/mol. The molecule has 0 heterocycles. The third-order valence-corrected chi connectivity index (χ3v) is 2.75. The van der Waals surface area contributed by atoms with Crippen LogP contribution in [0.2, 0.25) is 0 Å². The van der Waals surface area contributed by atoms with Gasteiger partial charge in [-0.3, -0.25) is 4.79 Å². The second-order valence-corrected chi connectivity index (χ2v) is 5.13. The summed E-state index contributed by atoms with van der Waals surface area (Å²) < 4.78 is 37.1. The van der Waals surface area contributed by atoms with E-state index in [2.05, 4.69) is 5.32 Å². The highest BCUT2D eigenvalue weighted by Gasteiger charge is 2.30. The molecule has 0 aliphatic heterocycles. The van der Waals surface area contributed by atoms with Gasteiger partial charge in [0.25, 0.3) is 5.91 Å². The average Bonchev–Trinajstić information content (AvgIpc) is 2.35. The lowest BCUT2D eigenvalue weighted by Crippen LogP contribution is -2.38. The van der Waals surface area contributed by atoms with E-state index in [-0.39, 0.29) is 11.0 Å². The largest absolute Gasteiger partial charge is 0.416 e. The van der Waals surface area contributed by atoms with Crippen molar-refractivity contribution in [3.63, 3.8) is 0 Å². The lowest BCUT2D eigenvalue weighted by atomic mass is 9.94. The molecule has 0 unspecified atom stereocenters. The van der Waals surface area contributed by atoms with Crippen molar-refractivity contribution in [3.05, 3.63) is 35.4 Å². The molecule has 0 saturated heterocycles. The van der Waals surface area contributed by atoms with Gasteiger partial charge in [-0.2, -0.15) is 13.2 Å². The molecule has 0 spiro atoms. The number of benzene rings is 1. The topological polar surface area (TPSA) is 55.1 Å². The van der Waals surface area contributed by atoms with Crippen LogP contribution in [0.25, 0.3) is 0 Å². The van der Waals surface area contributed by atoms with Gasteiger partial charge in [0, 0.05) is 12.1 Å². The molecule has 0 radical (unpaired) electrons. The van der Waals surface area contributed by atoms with Crippen molar-refractivity contribution in [3.8, 4) is 0 Å². The Balaban J connectivity index is 2.69. The Bertz CT molecular complexity index is 438. The first-order valence-electron chi connectivity index (χ1n) is 5.81. The van der Waals surface area contributed by atoms with E-state index in [0.717, 1.165) is 24.3 Å². The maximum atomic E-state index is 12.4. The molecule has 1 amide bonds. The van der Waals surface area contributed by atoms with E-state index in [1.807, 2.05) is 13.8 Å². The van der Waals surface area contributed by atoms with Crippen LogP contribution in [0.15, 0.2) is 24.3 Å². The van der Waals surface area contributed by atoms with Crippen LogP contribution in [0, 0.1) is 5.41 Å². The van der Waals surface area contributed by atoms with Crippen molar-refractivity contribution in [2.45, 2.75) is 20.0 Å². The van der Waals surface area contributed by atoms with Crippen LogP contribution in [0.1, 0.15) is 29.8 Å². The molecule has 1 rings (SSSR count). The Morgan fingerprint density at radius 2 is 1.74 bits per heavy atom. The second kappa shape index (κ2) is 5.61. The van der Waals surface area contributed by atoms with Crippen molar-refractivity contribution < 1.29 is 18.0 Å². The van der Waals surface area contributed by atoms with E-state index in [1.165, 1.54) is 0 Å². The highest BCUT2D eigenvalue weighted by Crippen LogP contribution is 2.29. The Hall–Kier alpha value is -1.56. The molecule has 0 aliphatic rings. The van der Waals surface area contributed by atoms with Crippen LogP contribution >= 0.6 is 0 Å². The fourth-order valence-electron chi connectivity index (χ4n) is 1.30. The number of carbonyl (C=O) groups excluding carboxylic acids is 1. The third-order valence-electron chi connectivity index (χ3n) is 2.75. The van der Waals surface area contributed by atoms with Crippen LogP contribution < -0.4 is 11.1 Å². The summed E-state index contributed by atoms with van der Waals surface area (Å²) in [7, 11) is 0. The molecule has 1 aromatic rings.